The largest absolute Gasteiger partial charge is 0.454 e. The minimum atomic E-state index is 0.653. The summed E-state index contributed by atoms with van der Waals surface area (Å²) in [6, 6.07) is 70.2. The average molecular weight is 716 g/mol. The molecule has 0 amide bonds. The summed E-state index contributed by atoms with van der Waals surface area (Å²) in [5.74, 6) is 0.653. The zero-order valence-corrected chi connectivity index (χ0v) is 30.3. The van der Waals surface area contributed by atoms with Gasteiger partial charge in [-0.3, -0.25) is 0 Å². The van der Waals surface area contributed by atoms with E-state index in [0.717, 1.165) is 77.9 Å². The lowest BCUT2D eigenvalue weighted by Crippen LogP contribution is -1.96. The Hall–Kier alpha value is -7.56. The highest BCUT2D eigenvalue weighted by Gasteiger charge is 2.22. The molecule has 11 aromatic rings. The summed E-state index contributed by atoms with van der Waals surface area (Å²) in [7, 11) is 0. The van der Waals surface area contributed by atoms with Crippen LogP contribution in [0, 0.1) is 0 Å². The Bertz CT molecular complexity index is 3070. The second-order valence-electron chi connectivity index (χ2n) is 14.2. The number of aromatic nitrogens is 3. The van der Waals surface area contributed by atoms with Crippen LogP contribution in [0.1, 0.15) is 0 Å². The van der Waals surface area contributed by atoms with Crippen LogP contribution in [0.4, 0.5) is 0 Å². The van der Waals surface area contributed by atoms with Crippen LogP contribution >= 0.6 is 0 Å². The van der Waals surface area contributed by atoms with E-state index in [0.29, 0.717) is 5.82 Å². The summed E-state index contributed by atoms with van der Waals surface area (Å²) in [5.41, 5.74) is 14.2. The van der Waals surface area contributed by atoms with Gasteiger partial charge in [0.15, 0.2) is 11.4 Å². The van der Waals surface area contributed by atoms with E-state index in [1.807, 2.05) is 42.5 Å². The van der Waals surface area contributed by atoms with Crippen molar-refractivity contribution in [1.82, 2.24) is 14.5 Å². The first-order valence-electron chi connectivity index (χ1n) is 18.9. The molecule has 262 valence electrons. The molecule has 3 heterocycles. The Balaban J connectivity index is 1.18. The monoisotopic (exact) mass is 715 g/mol. The van der Waals surface area contributed by atoms with E-state index in [1.165, 1.54) is 21.9 Å². The molecule has 4 heteroatoms. The van der Waals surface area contributed by atoms with Crippen molar-refractivity contribution < 1.29 is 4.42 Å². The van der Waals surface area contributed by atoms with Gasteiger partial charge < -0.3 is 8.98 Å². The highest BCUT2D eigenvalue weighted by molar-refractivity contribution is 6.16. The van der Waals surface area contributed by atoms with Gasteiger partial charge in [0.2, 0.25) is 0 Å². The molecular formula is C52H33N3O. The van der Waals surface area contributed by atoms with Crippen LogP contribution in [0.3, 0.4) is 0 Å². The van der Waals surface area contributed by atoms with E-state index in [1.54, 1.807) is 0 Å². The van der Waals surface area contributed by atoms with E-state index >= 15 is 0 Å². The SMILES string of the molecule is c1ccc(-c2ccc3c4ccc(-c5ccccc5)cc4n(-c4cccc5c4oc4cccc(-c6nc(-c7ccccc7)cc(-c7ccccc7)n6)c45)c3c2)cc1. The third-order valence-electron chi connectivity index (χ3n) is 10.8. The Kier molecular flexibility index (Phi) is 7.46. The Labute approximate surface area is 323 Å². The second-order valence-corrected chi connectivity index (χ2v) is 14.2. The van der Waals surface area contributed by atoms with E-state index in [9.17, 15) is 0 Å². The van der Waals surface area contributed by atoms with Crippen molar-refractivity contribution in [2.75, 3.05) is 0 Å². The number of para-hydroxylation sites is 1. The maximum Gasteiger partial charge on any atom is 0.161 e. The molecule has 0 atom stereocenters. The molecule has 0 saturated heterocycles. The molecule has 8 aromatic carbocycles. The van der Waals surface area contributed by atoms with Gasteiger partial charge in [-0.25, -0.2) is 9.97 Å². The number of rotatable bonds is 6. The van der Waals surface area contributed by atoms with Gasteiger partial charge in [-0.1, -0.05) is 170 Å². The lowest BCUT2D eigenvalue weighted by atomic mass is 10.0. The van der Waals surface area contributed by atoms with E-state index in [-0.39, 0.29) is 0 Å². The predicted octanol–water partition coefficient (Wildman–Crippen LogP) is 13.8. The van der Waals surface area contributed by atoms with E-state index in [4.69, 9.17) is 14.4 Å². The molecule has 11 rings (SSSR count). The van der Waals surface area contributed by atoms with Crippen LogP contribution in [-0.2, 0) is 0 Å². The van der Waals surface area contributed by atoms with Crippen molar-refractivity contribution >= 4 is 43.7 Å². The van der Waals surface area contributed by atoms with Crippen LogP contribution < -0.4 is 0 Å². The third kappa shape index (κ3) is 5.31. The lowest BCUT2D eigenvalue weighted by Gasteiger charge is -2.11. The molecule has 4 nitrogen and oxygen atoms in total. The Morgan fingerprint density at radius 3 is 1.41 bits per heavy atom. The maximum atomic E-state index is 6.95. The maximum absolute atomic E-state index is 6.95. The summed E-state index contributed by atoms with van der Waals surface area (Å²) in [4.78, 5) is 10.4. The van der Waals surface area contributed by atoms with Crippen LogP contribution in [-0.4, -0.2) is 14.5 Å². The quantitative estimate of drug-likeness (QED) is 0.172. The first kappa shape index (κ1) is 31.9. The topological polar surface area (TPSA) is 43.9 Å². The van der Waals surface area contributed by atoms with Gasteiger partial charge in [-0.15, -0.1) is 0 Å². The number of furan rings is 1. The fourth-order valence-electron chi connectivity index (χ4n) is 8.18. The standard InChI is InChI=1S/C52H33N3O/c1-5-15-34(16-6-1)38-27-29-40-41-30-28-39(35-17-7-2-8-18-35)32-48(41)55(47(40)31-38)46-25-13-23-42-50-43(24-14-26-49(50)56-51(42)46)52-53-44(36-19-9-3-10-20-36)33-45(54-52)37-21-11-4-12-22-37/h1-33H. The van der Waals surface area contributed by atoms with Gasteiger partial charge in [0.1, 0.15) is 5.58 Å². The molecule has 0 saturated carbocycles. The molecule has 3 aromatic heterocycles. The summed E-state index contributed by atoms with van der Waals surface area (Å²) >= 11 is 0. The minimum absolute atomic E-state index is 0.653. The van der Waals surface area contributed by atoms with Crippen molar-refractivity contribution in [3.8, 4) is 61.8 Å². The van der Waals surface area contributed by atoms with Crippen molar-refractivity contribution in [2.24, 2.45) is 0 Å². The number of hydrogen-bond donors (Lipinski definition) is 0. The van der Waals surface area contributed by atoms with Gasteiger partial charge in [0.25, 0.3) is 0 Å². The molecule has 0 aliphatic heterocycles. The van der Waals surface area contributed by atoms with Crippen molar-refractivity contribution in [3.05, 3.63) is 200 Å². The average Bonchev–Trinajstić information content (AvgIpc) is 3.83. The summed E-state index contributed by atoms with van der Waals surface area (Å²) < 4.78 is 9.33. The summed E-state index contributed by atoms with van der Waals surface area (Å²) in [6.45, 7) is 0. The Morgan fingerprint density at radius 2 is 0.875 bits per heavy atom. The normalized spacial score (nSPS) is 11.6. The highest BCUT2D eigenvalue weighted by Crippen LogP contribution is 2.43. The number of fused-ring (bicyclic) bond motifs is 6. The molecule has 0 spiro atoms. The molecule has 0 unspecified atom stereocenters. The molecule has 56 heavy (non-hydrogen) atoms. The first-order valence-corrected chi connectivity index (χ1v) is 18.9. The zero-order chi connectivity index (χ0) is 37.0. The fraction of sp³-hybridized carbons (Fsp3) is 0. The van der Waals surface area contributed by atoms with Crippen molar-refractivity contribution in [3.63, 3.8) is 0 Å². The van der Waals surface area contributed by atoms with Crippen LogP contribution in [0.25, 0.3) is 106 Å². The van der Waals surface area contributed by atoms with Gasteiger partial charge in [0, 0.05) is 38.2 Å². The third-order valence-corrected chi connectivity index (χ3v) is 10.8. The van der Waals surface area contributed by atoms with Gasteiger partial charge >= 0.3 is 0 Å². The van der Waals surface area contributed by atoms with Crippen LogP contribution in [0.2, 0.25) is 0 Å². The van der Waals surface area contributed by atoms with Crippen molar-refractivity contribution in [1.29, 1.82) is 0 Å². The number of nitrogens with zero attached hydrogens (tertiary/aromatic N) is 3. The van der Waals surface area contributed by atoms with Crippen LogP contribution in [0.15, 0.2) is 205 Å². The minimum Gasteiger partial charge on any atom is -0.454 e. The molecule has 0 aliphatic rings. The highest BCUT2D eigenvalue weighted by atomic mass is 16.3. The smallest absolute Gasteiger partial charge is 0.161 e. The van der Waals surface area contributed by atoms with Crippen molar-refractivity contribution in [2.45, 2.75) is 0 Å². The molecule has 0 N–H and O–H groups in total. The number of hydrogen-bond acceptors (Lipinski definition) is 3. The fourth-order valence-corrected chi connectivity index (χ4v) is 8.18. The second kappa shape index (κ2) is 13.1. The van der Waals surface area contributed by atoms with Gasteiger partial charge in [-0.05, 0) is 52.6 Å². The van der Waals surface area contributed by atoms with Crippen LogP contribution in [0.5, 0.6) is 0 Å². The van der Waals surface area contributed by atoms with E-state index in [2.05, 4.69) is 162 Å². The van der Waals surface area contributed by atoms with Gasteiger partial charge in [0.05, 0.1) is 28.1 Å². The van der Waals surface area contributed by atoms with E-state index < -0.39 is 0 Å². The Morgan fingerprint density at radius 1 is 0.375 bits per heavy atom. The zero-order valence-electron chi connectivity index (χ0n) is 30.3. The number of benzene rings is 8. The first-order chi connectivity index (χ1) is 27.8. The lowest BCUT2D eigenvalue weighted by molar-refractivity contribution is 0.666. The summed E-state index contributed by atoms with van der Waals surface area (Å²) in [5, 5.41) is 4.38. The summed E-state index contributed by atoms with van der Waals surface area (Å²) in [6.07, 6.45) is 0. The molecular weight excluding hydrogens is 683 g/mol. The molecule has 0 radical (unpaired) electrons. The predicted molar refractivity (Wildman–Crippen MR) is 231 cm³/mol. The molecule has 0 bridgehead atoms. The molecule has 0 aliphatic carbocycles. The molecule has 0 fully saturated rings. The van der Waals surface area contributed by atoms with Gasteiger partial charge in [-0.2, -0.15) is 0 Å².